The van der Waals surface area contributed by atoms with E-state index < -0.39 is 0 Å². The van der Waals surface area contributed by atoms with E-state index in [0.29, 0.717) is 18.9 Å². The SMILES string of the molecule is NC(=O)CCc1nnc(SCc2csc(-c3ccccc3)n2)n1C1CC1. The Labute approximate surface area is 159 Å². The van der Waals surface area contributed by atoms with Gasteiger partial charge in [-0.2, -0.15) is 0 Å². The molecule has 0 atom stereocenters. The summed E-state index contributed by atoms with van der Waals surface area (Å²) in [7, 11) is 0. The molecule has 0 radical (unpaired) electrons. The summed E-state index contributed by atoms with van der Waals surface area (Å²) < 4.78 is 2.18. The van der Waals surface area contributed by atoms with Gasteiger partial charge in [0.05, 0.1) is 5.69 Å². The molecule has 134 valence electrons. The van der Waals surface area contributed by atoms with E-state index in [1.807, 2.05) is 18.2 Å². The third-order valence-corrected chi connectivity index (χ3v) is 6.08. The quantitative estimate of drug-likeness (QED) is 0.600. The number of amides is 1. The van der Waals surface area contributed by atoms with Gasteiger partial charge in [-0.15, -0.1) is 21.5 Å². The number of thiazole rings is 1. The molecule has 6 nitrogen and oxygen atoms in total. The molecule has 1 aromatic carbocycles. The van der Waals surface area contributed by atoms with Crippen LogP contribution in [0.2, 0.25) is 0 Å². The Morgan fingerprint density at radius 3 is 2.81 bits per heavy atom. The number of nitrogens with two attached hydrogens (primary N) is 1. The summed E-state index contributed by atoms with van der Waals surface area (Å²) >= 11 is 3.31. The van der Waals surface area contributed by atoms with Crippen LogP contribution in [0.1, 0.15) is 36.8 Å². The third kappa shape index (κ3) is 3.96. The van der Waals surface area contributed by atoms with Crippen LogP contribution in [-0.4, -0.2) is 25.7 Å². The van der Waals surface area contributed by atoms with Crippen molar-refractivity contribution in [3.05, 3.63) is 47.2 Å². The van der Waals surface area contributed by atoms with Gasteiger partial charge in [0, 0.05) is 35.6 Å². The second kappa shape index (κ2) is 7.59. The van der Waals surface area contributed by atoms with Crippen LogP contribution in [-0.2, 0) is 17.0 Å². The van der Waals surface area contributed by atoms with Crippen LogP contribution in [0.15, 0.2) is 40.9 Å². The van der Waals surface area contributed by atoms with Gasteiger partial charge >= 0.3 is 0 Å². The first-order valence-corrected chi connectivity index (χ1v) is 10.4. The average molecular weight is 386 g/mol. The molecule has 0 saturated heterocycles. The first-order chi connectivity index (χ1) is 12.7. The van der Waals surface area contributed by atoms with Crippen molar-refractivity contribution in [2.45, 2.75) is 42.6 Å². The molecule has 0 bridgehead atoms. The molecular weight excluding hydrogens is 366 g/mol. The Morgan fingerprint density at radius 2 is 2.08 bits per heavy atom. The molecule has 0 aliphatic heterocycles. The molecule has 4 rings (SSSR count). The number of rotatable bonds is 8. The summed E-state index contributed by atoms with van der Waals surface area (Å²) in [5.74, 6) is 1.31. The standard InChI is InChI=1S/C18H19N5OS2/c19-15(24)8-9-16-21-22-18(23(16)14-6-7-14)26-11-13-10-25-17(20-13)12-4-2-1-3-5-12/h1-5,10,14H,6-9,11H2,(H2,19,24). The minimum atomic E-state index is -0.305. The van der Waals surface area contributed by atoms with Gasteiger partial charge in [0.25, 0.3) is 0 Å². The molecular formula is C18H19N5OS2. The normalized spacial score (nSPS) is 13.8. The van der Waals surface area contributed by atoms with Crippen molar-refractivity contribution in [3.63, 3.8) is 0 Å². The van der Waals surface area contributed by atoms with E-state index in [1.54, 1.807) is 23.1 Å². The van der Waals surface area contributed by atoms with E-state index in [0.717, 1.165) is 45.8 Å². The van der Waals surface area contributed by atoms with E-state index in [4.69, 9.17) is 10.7 Å². The minimum absolute atomic E-state index is 0.305. The fourth-order valence-corrected chi connectivity index (χ4v) is 4.58. The van der Waals surface area contributed by atoms with Crippen LogP contribution in [0.3, 0.4) is 0 Å². The number of carbonyl (C=O) groups excluding carboxylic acids is 1. The van der Waals surface area contributed by atoms with Gasteiger partial charge < -0.3 is 10.3 Å². The lowest BCUT2D eigenvalue weighted by Crippen LogP contribution is -2.13. The third-order valence-electron chi connectivity index (χ3n) is 4.16. The van der Waals surface area contributed by atoms with Crippen LogP contribution in [0, 0.1) is 0 Å². The maximum Gasteiger partial charge on any atom is 0.217 e. The van der Waals surface area contributed by atoms with E-state index in [1.165, 1.54) is 0 Å². The van der Waals surface area contributed by atoms with Gasteiger partial charge in [-0.1, -0.05) is 42.1 Å². The van der Waals surface area contributed by atoms with Crippen LogP contribution in [0.4, 0.5) is 0 Å². The zero-order valence-corrected chi connectivity index (χ0v) is 15.8. The number of primary amides is 1. The Bertz CT molecular complexity index is 901. The number of nitrogens with zero attached hydrogens (tertiary/aromatic N) is 4. The molecule has 1 amide bonds. The molecule has 0 spiro atoms. The highest BCUT2D eigenvalue weighted by Gasteiger charge is 2.29. The van der Waals surface area contributed by atoms with E-state index in [2.05, 4.69) is 32.3 Å². The predicted octanol–water partition coefficient (Wildman–Crippen LogP) is 3.45. The molecule has 26 heavy (non-hydrogen) atoms. The summed E-state index contributed by atoms with van der Waals surface area (Å²) in [6.45, 7) is 0. The zero-order valence-electron chi connectivity index (χ0n) is 14.2. The summed E-state index contributed by atoms with van der Waals surface area (Å²) in [6.07, 6.45) is 3.14. The number of hydrogen-bond acceptors (Lipinski definition) is 6. The molecule has 2 aromatic heterocycles. The number of hydrogen-bond donors (Lipinski definition) is 1. The topological polar surface area (TPSA) is 86.7 Å². The van der Waals surface area contributed by atoms with Gasteiger partial charge in [0.1, 0.15) is 10.8 Å². The van der Waals surface area contributed by atoms with E-state index in [-0.39, 0.29) is 5.91 Å². The zero-order chi connectivity index (χ0) is 17.9. The Hall–Kier alpha value is -2.19. The molecule has 1 fully saturated rings. The molecule has 0 unspecified atom stereocenters. The van der Waals surface area contributed by atoms with Gasteiger partial charge in [-0.3, -0.25) is 4.79 Å². The molecule has 1 saturated carbocycles. The Balaban J connectivity index is 1.45. The smallest absolute Gasteiger partial charge is 0.217 e. The summed E-state index contributed by atoms with van der Waals surface area (Å²) in [6, 6.07) is 10.7. The monoisotopic (exact) mass is 385 g/mol. The fraction of sp³-hybridized carbons (Fsp3) is 0.333. The Morgan fingerprint density at radius 1 is 1.27 bits per heavy atom. The minimum Gasteiger partial charge on any atom is -0.370 e. The highest BCUT2D eigenvalue weighted by atomic mass is 32.2. The highest BCUT2D eigenvalue weighted by molar-refractivity contribution is 7.98. The van der Waals surface area contributed by atoms with Crippen LogP contribution in [0.25, 0.3) is 10.6 Å². The number of aryl methyl sites for hydroxylation is 1. The second-order valence-electron chi connectivity index (χ2n) is 6.26. The van der Waals surface area contributed by atoms with Crippen molar-refractivity contribution in [1.29, 1.82) is 0 Å². The number of carbonyl (C=O) groups is 1. The van der Waals surface area contributed by atoms with Gasteiger partial charge in [0.2, 0.25) is 5.91 Å². The lowest BCUT2D eigenvalue weighted by molar-refractivity contribution is -0.118. The van der Waals surface area contributed by atoms with Gasteiger partial charge in [-0.25, -0.2) is 4.98 Å². The van der Waals surface area contributed by atoms with Crippen LogP contribution < -0.4 is 5.73 Å². The van der Waals surface area contributed by atoms with Crippen LogP contribution >= 0.6 is 23.1 Å². The summed E-state index contributed by atoms with van der Waals surface area (Å²) in [4.78, 5) is 15.8. The maximum absolute atomic E-state index is 11.1. The van der Waals surface area contributed by atoms with Gasteiger partial charge in [-0.05, 0) is 12.8 Å². The number of thioether (sulfide) groups is 1. The maximum atomic E-state index is 11.1. The van der Waals surface area contributed by atoms with Crippen LogP contribution in [0.5, 0.6) is 0 Å². The summed E-state index contributed by atoms with van der Waals surface area (Å²) in [5, 5.41) is 12.7. The van der Waals surface area contributed by atoms with Gasteiger partial charge in [0.15, 0.2) is 5.16 Å². The molecule has 3 aromatic rings. The molecule has 8 heteroatoms. The van der Waals surface area contributed by atoms with E-state index in [9.17, 15) is 4.79 Å². The van der Waals surface area contributed by atoms with Crippen molar-refractivity contribution in [2.75, 3.05) is 0 Å². The lowest BCUT2D eigenvalue weighted by Gasteiger charge is -2.07. The molecule has 1 aliphatic rings. The number of aromatic nitrogens is 4. The molecule has 2 heterocycles. The Kier molecular flexibility index (Phi) is 5.03. The largest absolute Gasteiger partial charge is 0.370 e. The van der Waals surface area contributed by atoms with Crippen molar-refractivity contribution in [3.8, 4) is 10.6 Å². The predicted molar refractivity (Wildman–Crippen MR) is 103 cm³/mol. The first-order valence-electron chi connectivity index (χ1n) is 8.55. The lowest BCUT2D eigenvalue weighted by atomic mass is 10.2. The second-order valence-corrected chi connectivity index (χ2v) is 8.07. The first kappa shape index (κ1) is 17.2. The van der Waals surface area contributed by atoms with Crippen molar-refractivity contribution >= 4 is 29.0 Å². The van der Waals surface area contributed by atoms with Crippen molar-refractivity contribution < 1.29 is 4.79 Å². The fourth-order valence-electron chi connectivity index (χ4n) is 2.74. The van der Waals surface area contributed by atoms with Crippen molar-refractivity contribution in [2.24, 2.45) is 5.73 Å². The highest BCUT2D eigenvalue weighted by Crippen LogP contribution is 2.39. The number of benzene rings is 1. The average Bonchev–Trinajstić information content (AvgIpc) is 3.23. The molecule has 2 N–H and O–H groups in total. The van der Waals surface area contributed by atoms with Crippen molar-refractivity contribution in [1.82, 2.24) is 19.7 Å². The summed E-state index contributed by atoms with van der Waals surface area (Å²) in [5.41, 5.74) is 7.45. The molecule has 1 aliphatic carbocycles. The van der Waals surface area contributed by atoms with E-state index >= 15 is 0 Å².